The van der Waals surface area contributed by atoms with Gasteiger partial charge in [-0.2, -0.15) is 0 Å². The molecular weight excluding hydrogens is 392 g/mol. The van der Waals surface area contributed by atoms with Gasteiger partial charge in [-0.25, -0.2) is 0 Å². The molecule has 0 aliphatic heterocycles. The van der Waals surface area contributed by atoms with Crippen LogP contribution in [0.3, 0.4) is 0 Å². The minimum absolute atomic E-state index is 0.0115. The Balaban J connectivity index is 1.55. The lowest BCUT2D eigenvalue weighted by Crippen LogP contribution is -2.43. The summed E-state index contributed by atoms with van der Waals surface area (Å²) in [6.45, 7) is 5.26. The summed E-state index contributed by atoms with van der Waals surface area (Å²) in [7, 11) is 0. The minimum atomic E-state index is -0.321. The lowest BCUT2D eigenvalue weighted by atomic mass is 9.79. The van der Waals surface area contributed by atoms with Gasteiger partial charge in [-0.05, 0) is 50.5 Å². The van der Waals surface area contributed by atoms with Gasteiger partial charge in [0.1, 0.15) is 0 Å². The smallest absolute Gasteiger partial charge is 0.251 e. The average molecular weight is 425 g/mol. The van der Waals surface area contributed by atoms with Crippen LogP contribution in [0, 0.1) is 0 Å². The predicted octanol–water partition coefficient (Wildman–Crippen LogP) is 3.84. The van der Waals surface area contributed by atoms with E-state index in [9.17, 15) is 9.59 Å². The van der Waals surface area contributed by atoms with Crippen molar-refractivity contribution in [3.63, 3.8) is 0 Å². The zero-order valence-electron chi connectivity index (χ0n) is 18.4. The second kappa shape index (κ2) is 10.8. The molecule has 6 heteroatoms. The highest BCUT2D eigenvalue weighted by Crippen LogP contribution is 2.40. The molecule has 2 amide bonds. The molecule has 0 heterocycles. The second-order valence-electron chi connectivity index (χ2n) is 7.84. The summed E-state index contributed by atoms with van der Waals surface area (Å²) in [4.78, 5) is 25.0. The first-order chi connectivity index (χ1) is 15.1. The fourth-order valence-electron chi connectivity index (χ4n) is 4.20. The molecule has 2 aromatic carbocycles. The van der Waals surface area contributed by atoms with Crippen molar-refractivity contribution in [2.75, 3.05) is 26.3 Å². The Morgan fingerprint density at radius 1 is 0.903 bits per heavy atom. The fourth-order valence-corrected chi connectivity index (χ4v) is 4.20. The number of carbonyl (C=O) groups excluding carboxylic acids is 2. The molecule has 1 aliphatic rings. The Labute approximate surface area is 184 Å². The molecule has 1 fully saturated rings. The topological polar surface area (TPSA) is 76.7 Å². The summed E-state index contributed by atoms with van der Waals surface area (Å²) in [5.41, 5.74) is 1.69. The number of ether oxygens (including phenoxy) is 2. The molecule has 0 radical (unpaired) electrons. The summed E-state index contributed by atoms with van der Waals surface area (Å²) >= 11 is 0. The van der Waals surface area contributed by atoms with Gasteiger partial charge >= 0.3 is 0 Å². The van der Waals surface area contributed by atoms with E-state index in [1.165, 1.54) is 18.4 Å². The van der Waals surface area contributed by atoms with Crippen molar-refractivity contribution in [1.29, 1.82) is 0 Å². The molecule has 1 aliphatic carbocycles. The molecular formula is C25H32N2O4. The number of benzene rings is 2. The van der Waals surface area contributed by atoms with Crippen LogP contribution in [-0.2, 0) is 10.2 Å². The van der Waals surface area contributed by atoms with E-state index in [-0.39, 0.29) is 23.8 Å². The zero-order valence-corrected chi connectivity index (χ0v) is 18.4. The third kappa shape index (κ3) is 5.78. The number of nitrogens with one attached hydrogen (secondary N) is 2. The first-order valence-electron chi connectivity index (χ1n) is 11.1. The maximum atomic E-state index is 12.5. The van der Waals surface area contributed by atoms with Gasteiger partial charge in [0.05, 0.1) is 19.8 Å². The molecule has 3 rings (SSSR count). The lowest BCUT2D eigenvalue weighted by molar-refractivity contribution is -0.120. The van der Waals surface area contributed by atoms with Crippen LogP contribution < -0.4 is 20.1 Å². The number of hydrogen-bond donors (Lipinski definition) is 2. The molecule has 166 valence electrons. The number of carbonyl (C=O) groups is 2. The van der Waals surface area contributed by atoms with Gasteiger partial charge in [0, 0.05) is 17.5 Å². The summed E-state index contributed by atoms with van der Waals surface area (Å²) in [6.07, 6.45) is 4.47. The molecule has 0 bridgehead atoms. The fraction of sp³-hybridized carbons (Fsp3) is 0.440. The molecule has 1 saturated carbocycles. The van der Waals surface area contributed by atoms with Gasteiger partial charge < -0.3 is 20.1 Å². The van der Waals surface area contributed by atoms with E-state index < -0.39 is 0 Å². The predicted molar refractivity (Wildman–Crippen MR) is 121 cm³/mol. The van der Waals surface area contributed by atoms with E-state index in [2.05, 4.69) is 22.8 Å². The molecule has 2 aromatic rings. The van der Waals surface area contributed by atoms with E-state index in [1.54, 1.807) is 18.2 Å². The van der Waals surface area contributed by atoms with Gasteiger partial charge in [0.15, 0.2) is 11.5 Å². The highest BCUT2D eigenvalue weighted by Gasteiger charge is 2.35. The number of amides is 2. The maximum Gasteiger partial charge on any atom is 0.251 e. The van der Waals surface area contributed by atoms with Crippen molar-refractivity contribution in [2.24, 2.45) is 0 Å². The summed E-state index contributed by atoms with van der Waals surface area (Å²) in [6, 6.07) is 15.4. The number of hydrogen-bond acceptors (Lipinski definition) is 4. The van der Waals surface area contributed by atoms with Gasteiger partial charge in [0.2, 0.25) is 5.91 Å². The standard InChI is InChI=1S/C25H32N2O4/c1-3-30-21-13-12-19(16-22(21)31-4-2)24(29)26-17-23(28)27-18-25(14-8-9-15-25)20-10-6-5-7-11-20/h5-7,10-13,16H,3-4,8-9,14-15,17-18H2,1-2H3,(H,26,29)(H,27,28). The van der Waals surface area contributed by atoms with E-state index in [0.717, 1.165) is 12.8 Å². The minimum Gasteiger partial charge on any atom is -0.490 e. The first kappa shape index (κ1) is 22.7. The van der Waals surface area contributed by atoms with Crippen molar-refractivity contribution in [3.05, 3.63) is 59.7 Å². The molecule has 31 heavy (non-hydrogen) atoms. The summed E-state index contributed by atoms with van der Waals surface area (Å²) < 4.78 is 11.1. The van der Waals surface area contributed by atoms with Gasteiger partial charge in [0.25, 0.3) is 5.91 Å². The summed E-state index contributed by atoms with van der Waals surface area (Å²) in [5.74, 6) is 0.609. The van der Waals surface area contributed by atoms with Crippen LogP contribution in [0.1, 0.15) is 55.5 Å². The Kier molecular flexibility index (Phi) is 7.93. The maximum absolute atomic E-state index is 12.5. The van der Waals surface area contributed by atoms with Crippen molar-refractivity contribution in [1.82, 2.24) is 10.6 Å². The Hall–Kier alpha value is -3.02. The van der Waals surface area contributed by atoms with Gasteiger partial charge in [-0.3, -0.25) is 9.59 Å². The monoisotopic (exact) mass is 424 g/mol. The van der Waals surface area contributed by atoms with Crippen LogP contribution in [0.2, 0.25) is 0 Å². The van der Waals surface area contributed by atoms with E-state index in [4.69, 9.17) is 9.47 Å². The van der Waals surface area contributed by atoms with Crippen molar-refractivity contribution in [3.8, 4) is 11.5 Å². The normalized spacial score (nSPS) is 14.6. The van der Waals surface area contributed by atoms with Gasteiger partial charge in [-0.15, -0.1) is 0 Å². The third-order valence-electron chi connectivity index (χ3n) is 5.79. The highest BCUT2D eigenvalue weighted by atomic mass is 16.5. The quantitative estimate of drug-likeness (QED) is 0.608. The first-order valence-corrected chi connectivity index (χ1v) is 11.1. The SMILES string of the molecule is CCOc1ccc(C(=O)NCC(=O)NCC2(c3ccccc3)CCCC2)cc1OCC. The largest absolute Gasteiger partial charge is 0.490 e. The Morgan fingerprint density at radius 3 is 2.26 bits per heavy atom. The Bertz CT molecular complexity index is 876. The van der Waals surface area contributed by atoms with Crippen LogP contribution in [0.25, 0.3) is 0 Å². The third-order valence-corrected chi connectivity index (χ3v) is 5.79. The average Bonchev–Trinajstić information content (AvgIpc) is 3.28. The Morgan fingerprint density at radius 2 is 1.58 bits per heavy atom. The van der Waals surface area contributed by atoms with E-state index in [1.807, 2.05) is 32.0 Å². The van der Waals surface area contributed by atoms with Crippen molar-refractivity contribution < 1.29 is 19.1 Å². The molecule has 0 spiro atoms. The lowest BCUT2D eigenvalue weighted by Gasteiger charge is -2.30. The number of rotatable bonds is 10. The highest BCUT2D eigenvalue weighted by molar-refractivity contribution is 5.97. The second-order valence-corrected chi connectivity index (χ2v) is 7.84. The van der Waals surface area contributed by atoms with Crippen LogP contribution in [0.4, 0.5) is 0 Å². The molecule has 0 aromatic heterocycles. The summed E-state index contributed by atoms with van der Waals surface area (Å²) in [5, 5.41) is 5.73. The zero-order chi connectivity index (χ0) is 22.1. The van der Waals surface area contributed by atoms with Crippen molar-refractivity contribution in [2.45, 2.75) is 44.9 Å². The molecule has 6 nitrogen and oxygen atoms in total. The van der Waals surface area contributed by atoms with E-state index >= 15 is 0 Å². The molecule has 0 atom stereocenters. The van der Waals surface area contributed by atoms with Crippen LogP contribution in [0.5, 0.6) is 11.5 Å². The molecule has 0 saturated heterocycles. The van der Waals surface area contributed by atoms with Crippen LogP contribution >= 0.6 is 0 Å². The van der Waals surface area contributed by atoms with E-state index in [0.29, 0.717) is 36.8 Å². The van der Waals surface area contributed by atoms with Crippen molar-refractivity contribution >= 4 is 11.8 Å². The van der Waals surface area contributed by atoms with Crippen LogP contribution in [0.15, 0.2) is 48.5 Å². The van der Waals surface area contributed by atoms with Gasteiger partial charge in [-0.1, -0.05) is 43.2 Å². The van der Waals surface area contributed by atoms with Crippen LogP contribution in [-0.4, -0.2) is 38.1 Å². The molecule has 0 unspecified atom stereocenters. The molecule has 2 N–H and O–H groups in total.